The van der Waals surface area contributed by atoms with E-state index in [0.717, 1.165) is 0 Å². The van der Waals surface area contributed by atoms with Gasteiger partial charge in [-0.1, -0.05) is 23.7 Å². The molecular formula is C17H17BrClN3O6S. The lowest BCUT2D eigenvalue weighted by atomic mass is 10.3. The molecule has 2 rings (SSSR count). The Balaban J connectivity index is 2.18. The topological polar surface area (TPSA) is 145 Å². The lowest BCUT2D eigenvalue weighted by molar-refractivity contribution is -0.137. The third-order valence-electron chi connectivity index (χ3n) is 3.58. The van der Waals surface area contributed by atoms with Crippen LogP contribution in [0.25, 0.3) is 0 Å². The normalized spacial score (nSPS) is 11.1. The predicted molar refractivity (Wildman–Crippen MR) is 112 cm³/mol. The van der Waals surface area contributed by atoms with E-state index in [0.29, 0.717) is 10.2 Å². The Morgan fingerprint density at radius 2 is 1.72 bits per heavy atom. The Morgan fingerprint density at radius 3 is 2.38 bits per heavy atom. The molecule has 5 N–H and O–H groups in total. The van der Waals surface area contributed by atoms with Gasteiger partial charge < -0.3 is 20.8 Å². The average Bonchev–Trinajstić information content (AvgIpc) is 2.63. The second-order valence-corrected chi connectivity index (χ2v) is 8.69. The molecule has 0 aliphatic carbocycles. The Kier molecular flexibility index (Phi) is 7.85. The van der Waals surface area contributed by atoms with Gasteiger partial charge in [0.1, 0.15) is 4.90 Å². The number of halogens is 2. The third-order valence-corrected chi connectivity index (χ3v) is 6.24. The molecule has 0 aromatic heterocycles. The molecule has 9 nitrogen and oxygen atoms in total. The number of carbonyl (C=O) groups is 2. The largest absolute Gasteiger partial charge is 0.504 e. The summed E-state index contributed by atoms with van der Waals surface area (Å²) >= 11 is 9.21. The van der Waals surface area contributed by atoms with Crippen molar-refractivity contribution < 1.29 is 28.2 Å². The summed E-state index contributed by atoms with van der Waals surface area (Å²) in [7, 11) is -4.25. The molecule has 0 atom stereocenters. The molecule has 12 heteroatoms. The van der Waals surface area contributed by atoms with Crippen molar-refractivity contribution in [3.63, 3.8) is 0 Å². The van der Waals surface area contributed by atoms with Gasteiger partial charge in [-0.3, -0.25) is 4.79 Å². The van der Waals surface area contributed by atoms with Crippen molar-refractivity contribution in [3.05, 3.63) is 45.9 Å². The number of anilines is 2. The van der Waals surface area contributed by atoms with Gasteiger partial charge in [0.2, 0.25) is 10.0 Å². The van der Waals surface area contributed by atoms with Crippen molar-refractivity contribution in [3.8, 4) is 5.75 Å². The molecule has 0 saturated carbocycles. The van der Waals surface area contributed by atoms with Crippen LogP contribution in [-0.2, 0) is 14.8 Å². The molecule has 2 aromatic carbocycles. The SMILES string of the molecule is O=C(O)CCCNS(=O)(=O)c1c(Cl)ccc(NC(=O)Nc2ccccc2Br)c1O. The highest BCUT2D eigenvalue weighted by Gasteiger charge is 2.25. The van der Waals surface area contributed by atoms with Crippen LogP contribution in [0.4, 0.5) is 16.2 Å². The molecule has 0 unspecified atom stereocenters. The maximum atomic E-state index is 12.5. The first-order valence-corrected chi connectivity index (χ1v) is 10.8. The minimum atomic E-state index is -4.25. The van der Waals surface area contributed by atoms with E-state index >= 15 is 0 Å². The summed E-state index contributed by atoms with van der Waals surface area (Å²) < 4.78 is 27.7. The number of nitrogens with one attached hydrogen (secondary N) is 3. The van der Waals surface area contributed by atoms with Gasteiger partial charge in [0, 0.05) is 17.4 Å². The van der Waals surface area contributed by atoms with Crippen LogP contribution in [0.15, 0.2) is 45.8 Å². The Morgan fingerprint density at radius 1 is 1.07 bits per heavy atom. The van der Waals surface area contributed by atoms with Crippen LogP contribution in [0.1, 0.15) is 12.8 Å². The van der Waals surface area contributed by atoms with Crippen molar-refractivity contribution in [1.82, 2.24) is 4.72 Å². The van der Waals surface area contributed by atoms with Crippen molar-refractivity contribution >= 4 is 60.9 Å². The van der Waals surface area contributed by atoms with Gasteiger partial charge in [0.25, 0.3) is 0 Å². The zero-order valence-corrected chi connectivity index (χ0v) is 17.9. The molecular weight excluding hydrogens is 490 g/mol. The monoisotopic (exact) mass is 505 g/mol. The summed E-state index contributed by atoms with van der Waals surface area (Å²) in [4.78, 5) is 22.1. The van der Waals surface area contributed by atoms with Crippen molar-refractivity contribution in [1.29, 1.82) is 0 Å². The van der Waals surface area contributed by atoms with Gasteiger partial charge in [-0.05, 0) is 46.6 Å². The van der Waals surface area contributed by atoms with Crippen LogP contribution in [-0.4, -0.2) is 37.2 Å². The Bertz CT molecular complexity index is 1030. The number of rotatable bonds is 8. The molecule has 0 aliphatic rings. The van der Waals surface area contributed by atoms with Crippen molar-refractivity contribution in [2.24, 2.45) is 0 Å². The van der Waals surface area contributed by atoms with E-state index in [1.807, 2.05) is 0 Å². The van der Waals surface area contributed by atoms with Crippen LogP contribution < -0.4 is 15.4 Å². The number of para-hydroxylation sites is 1. The molecule has 0 radical (unpaired) electrons. The molecule has 0 aliphatic heterocycles. The second kappa shape index (κ2) is 9.92. The van der Waals surface area contributed by atoms with Crippen LogP contribution >= 0.6 is 27.5 Å². The predicted octanol–water partition coefficient (Wildman–Crippen LogP) is 3.60. The summed E-state index contributed by atoms with van der Waals surface area (Å²) in [6.07, 6.45) is -0.168. The first kappa shape index (κ1) is 22.9. The summed E-state index contributed by atoms with van der Waals surface area (Å²) in [5, 5.41) is 23.6. The number of carbonyl (C=O) groups excluding carboxylic acids is 1. The number of urea groups is 1. The summed E-state index contributed by atoms with van der Waals surface area (Å²) in [5.74, 6) is -1.81. The van der Waals surface area contributed by atoms with Crippen LogP contribution in [0.2, 0.25) is 5.02 Å². The maximum absolute atomic E-state index is 12.5. The number of carboxylic acid groups (broad SMARTS) is 1. The minimum Gasteiger partial charge on any atom is -0.504 e. The number of carboxylic acids is 1. The van der Waals surface area contributed by atoms with E-state index in [-0.39, 0.29) is 30.1 Å². The Hall–Kier alpha value is -2.34. The number of hydrogen-bond donors (Lipinski definition) is 5. The molecule has 0 bridgehead atoms. The number of amides is 2. The highest BCUT2D eigenvalue weighted by Crippen LogP contribution is 2.37. The fourth-order valence-electron chi connectivity index (χ4n) is 2.26. The number of aromatic hydroxyl groups is 1. The third kappa shape index (κ3) is 6.32. The van der Waals surface area contributed by atoms with Gasteiger partial charge in [-0.2, -0.15) is 0 Å². The molecule has 29 heavy (non-hydrogen) atoms. The summed E-state index contributed by atoms with van der Waals surface area (Å²) in [6, 6.07) is 8.58. The van der Waals surface area contributed by atoms with E-state index in [2.05, 4.69) is 31.3 Å². The zero-order valence-electron chi connectivity index (χ0n) is 14.8. The standard InChI is InChI=1S/C17H17BrClN3O6S/c18-10-4-1-2-5-12(10)21-17(26)22-13-8-7-11(19)16(15(13)25)29(27,28)20-9-3-6-14(23)24/h1-2,4-5,7-8,20,25H,3,6,9H2,(H,23,24)(H2,21,22,26). The van der Waals surface area contributed by atoms with Crippen LogP contribution in [0.5, 0.6) is 5.75 Å². The summed E-state index contributed by atoms with van der Waals surface area (Å²) in [6.45, 7) is -0.162. The molecule has 0 spiro atoms. The van der Waals surface area contributed by atoms with Gasteiger partial charge in [-0.25, -0.2) is 17.9 Å². The minimum absolute atomic E-state index is 0.0548. The van der Waals surface area contributed by atoms with Crippen LogP contribution in [0.3, 0.4) is 0 Å². The number of hydrogen-bond acceptors (Lipinski definition) is 5. The Labute approximate surface area is 180 Å². The number of aliphatic carboxylic acids is 1. The molecule has 0 fully saturated rings. The van der Waals surface area contributed by atoms with E-state index in [1.54, 1.807) is 24.3 Å². The van der Waals surface area contributed by atoms with Gasteiger partial charge in [0.15, 0.2) is 5.75 Å². The number of benzene rings is 2. The highest BCUT2D eigenvalue weighted by molar-refractivity contribution is 9.10. The van der Waals surface area contributed by atoms with Crippen molar-refractivity contribution in [2.75, 3.05) is 17.2 Å². The molecule has 0 heterocycles. The van der Waals surface area contributed by atoms with E-state index in [1.165, 1.54) is 12.1 Å². The first-order chi connectivity index (χ1) is 13.6. The van der Waals surface area contributed by atoms with Crippen molar-refractivity contribution in [2.45, 2.75) is 17.7 Å². The molecule has 2 aromatic rings. The highest BCUT2D eigenvalue weighted by atomic mass is 79.9. The number of phenols is 1. The zero-order chi connectivity index (χ0) is 21.6. The lowest BCUT2D eigenvalue weighted by Gasteiger charge is -2.14. The molecule has 0 saturated heterocycles. The van der Waals surface area contributed by atoms with E-state index in [4.69, 9.17) is 16.7 Å². The smallest absolute Gasteiger partial charge is 0.323 e. The fourth-order valence-corrected chi connectivity index (χ4v) is 4.35. The quantitative estimate of drug-likeness (QED) is 0.273. The fraction of sp³-hybridized carbons (Fsp3) is 0.176. The molecule has 156 valence electrons. The summed E-state index contributed by atoms with van der Waals surface area (Å²) in [5.41, 5.74) is 0.288. The second-order valence-electron chi connectivity index (χ2n) is 5.73. The van der Waals surface area contributed by atoms with E-state index in [9.17, 15) is 23.1 Å². The van der Waals surface area contributed by atoms with Gasteiger partial charge in [0.05, 0.1) is 16.4 Å². The molecule has 2 amide bonds. The first-order valence-electron chi connectivity index (χ1n) is 8.17. The number of sulfonamides is 1. The van der Waals surface area contributed by atoms with Crippen LogP contribution in [0, 0.1) is 0 Å². The lowest BCUT2D eigenvalue weighted by Crippen LogP contribution is -2.26. The van der Waals surface area contributed by atoms with Gasteiger partial charge in [-0.15, -0.1) is 0 Å². The van der Waals surface area contributed by atoms with E-state index < -0.39 is 32.7 Å². The maximum Gasteiger partial charge on any atom is 0.323 e. The average molecular weight is 507 g/mol. The number of phenolic OH excluding ortho intramolecular Hbond substituents is 1. The van der Waals surface area contributed by atoms with Gasteiger partial charge >= 0.3 is 12.0 Å².